The summed E-state index contributed by atoms with van der Waals surface area (Å²) in [6.45, 7) is 1.41. The van der Waals surface area contributed by atoms with E-state index in [1.807, 2.05) is 0 Å². The van der Waals surface area contributed by atoms with Crippen molar-refractivity contribution in [3.63, 3.8) is 0 Å². The van der Waals surface area contributed by atoms with E-state index in [-0.39, 0.29) is 22.5 Å². The normalized spacial score (nSPS) is 11.7. The molecule has 0 fully saturated rings. The summed E-state index contributed by atoms with van der Waals surface area (Å²) < 4.78 is 35.7. The van der Waals surface area contributed by atoms with Crippen molar-refractivity contribution in [3.05, 3.63) is 27.5 Å². The predicted molar refractivity (Wildman–Crippen MR) is 72.1 cm³/mol. The lowest BCUT2D eigenvalue weighted by atomic mass is 10.5. The summed E-state index contributed by atoms with van der Waals surface area (Å²) in [4.78, 5) is 0.152. The van der Waals surface area contributed by atoms with E-state index in [4.69, 9.17) is 20.9 Å². The lowest BCUT2D eigenvalue weighted by molar-refractivity contribution is 0.205. The van der Waals surface area contributed by atoms with Crippen molar-refractivity contribution in [1.82, 2.24) is 5.16 Å². The van der Waals surface area contributed by atoms with Gasteiger partial charge in [0.05, 0.1) is 4.90 Å². The van der Waals surface area contributed by atoms with Crippen LogP contribution >= 0.6 is 22.9 Å². The summed E-state index contributed by atoms with van der Waals surface area (Å²) in [5.74, 6) is -0.0489. The highest BCUT2D eigenvalue weighted by molar-refractivity contribution is 7.93. The number of hydrogen-bond donors (Lipinski definition) is 0. The number of nitrogens with zero attached hydrogens (tertiary/aromatic N) is 2. The Kier molecular flexibility index (Phi) is 4.14. The Morgan fingerprint density at radius 2 is 2.32 bits per heavy atom. The number of methoxy groups -OCH3 is 1. The maximum absolute atomic E-state index is 12.5. The zero-order chi connectivity index (χ0) is 14.0. The topological polar surface area (TPSA) is 72.6 Å². The fourth-order valence-corrected chi connectivity index (χ4v) is 3.94. The van der Waals surface area contributed by atoms with Crippen LogP contribution in [0, 0.1) is 6.92 Å². The summed E-state index contributed by atoms with van der Waals surface area (Å²) in [7, 11) is -2.40. The van der Waals surface area contributed by atoms with E-state index in [0.717, 1.165) is 4.31 Å². The Bertz CT molecular complexity index is 651. The lowest BCUT2D eigenvalue weighted by Gasteiger charge is -2.19. The summed E-state index contributed by atoms with van der Waals surface area (Å²) in [5, 5.41) is 6.99. The standard InChI is InChI=1S/C10H11ClN2O4S2/c1-7-9(11)10(17-12-7)13(6-16-2)19(14,15)8-3-4-18-5-8/h3-5H,6H2,1-2H3. The van der Waals surface area contributed by atoms with Gasteiger partial charge < -0.3 is 9.26 Å². The van der Waals surface area contributed by atoms with Gasteiger partial charge in [-0.05, 0) is 18.4 Å². The average Bonchev–Trinajstić information content (AvgIpc) is 2.99. The van der Waals surface area contributed by atoms with Crippen LogP contribution in [0.1, 0.15) is 5.69 Å². The Labute approximate surface area is 119 Å². The first kappa shape index (κ1) is 14.3. The fourth-order valence-electron chi connectivity index (χ4n) is 1.38. The molecule has 9 heteroatoms. The Morgan fingerprint density at radius 1 is 1.58 bits per heavy atom. The van der Waals surface area contributed by atoms with Crippen molar-refractivity contribution in [3.8, 4) is 0 Å². The molecular formula is C10H11ClN2O4S2. The molecule has 2 heterocycles. The first-order chi connectivity index (χ1) is 8.98. The van der Waals surface area contributed by atoms with E-state index in [2.05, 4.69) is 5.16 Å². The van der Waals surface area contributed by atoms with Crippen molar-refractivity contribution in [2.45, 2.75) is 11.8 Å². The van der Waals surface area contributed by atoms with Gasteiger partial charge in [-0.2, -0.15) is 11.3 Å². The molecule has 0 atom stereocenters. The smallest absolute Gasteiger partial charge is 0.269 e. The average molecular weight is 323 g/mol. The summed E-state index contributed by atoms with van der Waals surface area (Å²) in [5.41, 5.74) is 0.415. The van der Waals surface area contributed by atoms with Crippen LogP contribution in [0.4, 0.5) is 5.88 Å². The van der Waals surface area contributed by atoms with Crippen LogP contribution in [-0.2, 0) is 14.8 Å². The monoisotopic (exact) mass is 322 g/mol. The van der Waals surface area contributed by atoms with Crippen molar-refractivity contribution >= 4 is 38.8 Å². The predicted octanol–water partition coefficient (Wildman–Crippen LogP) is 2.50. The number of aryl methyl sites for hydroxylation is 1. The second-order valence-corrected chi connectivity index (χ2v) is 6.64. The minimum absolute atomic E-state index is 0.0489. The van der Waals surface area contributed by atoms with Gasteiger partial charge in [0.2, 0.25) is 0 Å². The molecule has 0 aliphatic carbocycles. The van der Waals surface area contributed by atoms with Gasteiger partial charge in [0, 0.05) is 12.5 Å². The van der Waals surface area contributed by atoms with Gasteiger partial charge in [0.25, 0.3) is 15.9 Å². The molecule has 0 bridgehead atoms. The van der Waals surface area contributed by atoms with Crippen molar-refractivity contribution in [1.29, 1.82) is 0 Å². The molecule has 0 aliphatic heterocycles. The first-order valence-corrected chi connectivity index (χ1v) is 7.90. The van der Waals surface area contributed by atoms with E-state index in [1.54, 1.807) is 12.3 Å². The molecule has 0 unspecified atom stereocenters. The van der Waals surface area contributed by atoms with Crippen molar-refractivity contribution < 1.29 is 17.7 Å². The zero-order valence-electron chi connectivity index (χ0n) is 10.2. The van der Waals surface area contributed by atoms with Crippen molar-refractivity contribution in [2.24, 2.45) is 0 Å². The minimum atomic E-state index is -3.78. The largest absolute Gasteiger partial charge is 0.363 e. The van der Waals surface area contributed by atoms with Crippen LogP contribution in [0.3, 0.4) is 0 Å². The third-order valence-electron chi connectivity index (χ3n) is 2.33. The van der Waals surface area contributed by atoms with E-state index >= 15 is 0 Å². The Hall–Kier alpha value is -1.09. The van der Waals surface area contributed by atoms with Crippen LogP contribution in [-0.4, -0.2) is 27.4 Å². The molecule has 0 aliphatic rings. The molecule has 19 heavy (non-hydrogen) atoms. The first-order valence-electron chi connectivity index (χ1n) is 5.14. The SMILES string of the molecule is COCN(c1onc(C)c1Cl)S(=O)(=O)c1ccsc1. The Morgan fingerprint density at radius 3 is 2.79 bits per heavy atom. The van der Waals surface area contributed by atoms with Gasteiger partial charge in [-0.15, -0.1) is 0 Å². The number of aromatic nitrogens is 1. The molecule has 0 saturated carbocycles. The third-order valence-corrected chi connectivity index (χ3v) is 5.30. The minimum Gasteiger partial charge on any atom is -0.363 e. The summed E-state index contributed by atoms with van der Waals surface area (Å²) in [6.07, 6.45) is 0. The zero-order valence-corrected chi connectivity index (χ0v) is 12.5. The molecule has 0 N–H and O–H groups in total. The van der Waals surface area contributed by atoms with Crippen LogP contribution in [0.5, 0.6) is 0 Å². The number of ether oxygens (including phenoxy) is 1. The highest BCUT2D eigenvalue weighted by Crippen LogP contribution is 2.32. The molecule has 0 radical (unpaired) electrons. The van der Waals surface area contributed by atoms with E-state index in [0.29, 0.717) is 5.69 Å². The summed E-state index contributed by atoms with van der Waals surface area (Å²) >= 11 is 7.27. The molecule has 2 rings (SSSR count). The summed E-state index contributed by atoms with van der Waals surface area (Å²) in [6, 6.07) is 1.50. The van der Waals surface area contributed by atoms with Crippen molar-refractivity contribution in [2.75, 3.05) is 18.1 Å². The second kappa shape index (κ2) is 5.49. The number of halogens is 1. The third kappa shape index (κ3) is 2.62. The van der Waals surface area contributed by atoms with Gasteiger partial charge >= 0.3 is 0 Å². The lowest BCUT2D eigenvalue weighted by Crippen LogP contribution is -2.32. The molecule has 2 aromatic rings. The fraction of sp³-hybridized carbons (Fsp3) is 0.300. The number of rotatable bonds is 5. The molecule has 0 aromatic carbocycles. The quantitative estimate of drug-likeness (QED) is 0.791. The number of anilines is 1. The van der Waals surface area contributed by atoms with Crippen LogP contribution in [0.15, 0.2) is 26.2 Å². The van der Waals surface area contributed by atoms with Gasteiger partial charge in [0.1, 0.15) is 17.4 Å². The van der Waals surface area contributed by atoms with Gasteiger partial charge in [-0.25, -0.2) is 12.7 Å². The molecule has 6 nitrogen and oxygen atoms in total. The van der Waals surface area contributed by atoms with Gasteiger partial charge in [-0.1, -0.05) is 16.8 Å². The van der Waals surface area contributed by atoms with E-state index < -0.39 is 10.0 Å². The van der Waals surface area contributed by atoms with Gasteiger partial charge in [0.15, 0.2) is 0 Å². The maximum atomic E-state index is 12.5. The van der Waals surface area contributed by atoms with E-state index in [9.17, 15) is 8.42 Å². The van der Waals surface area contributed by atoms with Crippen LogP contribution in [0.2, 0.25) is 5.02 Å². The van der Waals surface area contributed by atoms with Crippen LogP contribution in [0.25, 0.3) is 0 Å². The van der Waals surface area contributed by atoms with Crippen LogP contribution < -0.4 is 4.31 Å². The Balaban J connectivity index is 2.50. The van der Waals surface area contributed by atoms with Gasteiger partial charge in [-0.3, -0.25) is 0 Å². The molecular weight excluding hydrogens is 312 g/mol. The highest BCUT2D eigenvalue weighted by atomic mass is 35.5. The second-order valence-electron chi connectivity index (χ2n) is 3.62. The number of sulfonamides is 1. The number of hydrogen-bond acceptors (Lipinski definition) is 6. The molecule has 0 amide bonds. The van der Waals surface area contributed by atoms with E-state index in [1.165, 1.54) is 29.9 Å². The number of thiophene rings is 1. The molecule has 0 saturated heterocycles. The molecule has 0 spiro atoms. The molecule has 2 aromatic heterocycles. The molecule has 104 valence electrons. The maximum Gasteiger partial charge on any atom is 0.269 e. The highest BCUT2D eigenvalue weighted by Gasteiger charge is 2.31.